The third-order valence-corrected chi connectivity index (χ3v) is 12.7. The molecule has 11 heteroatoms. The molecule has 4 aromatic rings. The smallest absolute Gasteiger partial charge is 0.417 e. The molecule has 4 unspecified atom stereocenters. The number of benzene rings is 4. The number of para-hydroxylation sites is 4. The molecule has 4 rings (SSSR count). The van der Waals surface area contributed by atoms with Gasteiger partial charge in [-0.2, -0.15) is 0 Å². The molecule has 0 N–H and O–H groups in total. The topological polar surface area (TPSA) is 83.1 Å². The second-order valence-electron chi connectivity index (χ2n) is 14.7. The van der Waals surface area contributed by atoms with Gasteiger partial charge in [-0.05, 0) is 95.9 Å². The normalized spacial score (nSPS) is 14.5. The van der Waals surface area contributed by atoms with Gasteiger partial charge < -0.3 is 32.3 Å². The van der Waals surface area contributed by atoms with Crippen LogP contribution in [0.1, 0.15) is 127 Å². The first-order valence-electron chi connectivity index (χ1n) is 21.5. The quantitative estimate of drug-likeness (QED) is 0.0376. The van der Waals surface area contributed by atoms with Crippen LogP contribution in [-0.2, 0) is 23.3 Å². The molecule has 0 heterocycles. The molecular formula is C48H68O9P2. The summed E-state index contributed by atoms with van der Waals surface area (Å²) < 4.78 is 55.6. The zero-order chi connectivity index (χ0) is 42.2. The van der Waals surface area contributed by atoms with Crippen molar-refractivity contribution in [1.29, 1.82) is 0 Å². The Balaban J connectivity index is 1.19. The monoisotopic (exact) mass is 850 g/mol. The van der Waals surface area contributed by atoms with Gasteiger partial charge in [0.1, 0.15) is 23.0 Å². The maximum absolute atomic E-state index is 6.45. The molecule has 0 aromatic heterocycles. The van der Waals surface area contributed by atoms with Crippen LogP contribution in [0.25, 0.3) is 0 Å². The number of hydrogen-bond donors (Lipinski definition) is 0. The number of hydrogen-bond acceptors (Lipinski definition) is 9. The Morgan fingerprint density at radius 3 is 0.797 bits per heavy atom. The highest BCUT2D eigenvalue weighted by atomic mass is 31.2. The van der Waals surface area contributed by atoms with Crippen LogP contribution in [-0.4, -0.2) is 52.9 Å². The van der Waals surface area contributed by atoms with Crippen molar-refractivity contribution >= 4 is 17.2 Å². The van der Waals surface area contributed by atoms with Gasteiger partial charge in [-0.3, -0.25) is 9.05 Å². The van der Waals surface area contributed by atoms with Crippen molar-refractivity contribution in [3.63, 3.8) is 0 Å². The molecule has 0 saturated heterocycles. The van der Waals surface area contributed by atoms with Gasteiger partial charge in [-0.25, -0.2) is 0 Å². The Labute approximate surface area is 357 Å². The van der Waals surface area contributed by atoms with Crippen LogP contribution in [0, 0.1) is 0 Å². The molecule has 0 spiro atoms. The van der Waals surface area contributed by atoms with Crippen molar-refractivity contribution in [1.82, 2.24) is 0 Å². The van der Waals surface area contributed by atoms with Crippen molar-refractivity contribution in [3.8, 4) is 23.0 Å². The molecule has 4 aromatic carbocycles. The lowest BCUT2D eigenvalue weighted by Crippen LogP contribution is -2.13. The number of ether oxygens (including phenoxy) is 3. The molecule has 0 aliphatic heterocycles. The predicted molar refractivity (Wildman–Crippen MR) is 241 cm³/mol. The maximum atomic E-state index is 6.45. The van der Waals surface area contributed by atoms with E-state index >= 15 is 0 Å². The fraction of sp³-hybridized carbons (Fsp3) is 0.500. The van der Waals surface area contributed by atoms with Gasteiger partial charge in [0.2, 0.25) is 0 Å². The van der Waals surface area contributed by atoms with E-state index in [9.17, 15) is 0 Å². The van der Waals surface area contributed by atoms with Crippen LogP contribution in [0.3, 0.4) is 0 Å². The summed E-state index contributed by atoms with van der Waals surface area (Å²) in [6, 6.07) is 32.5. The third kappa shape index (κ3) is 16.3. The van der Waals surface area contributed by atoms with Crippen molar-refractivity contribution in [2.45, 2.75) is 105 Å². The average molecular weight is 851 g/mol. The second-order valence-corrected chi connectivity index (χ2v) is 16.8. The van der Waals surface area contributed by atoms with E-state index in [1.807, 2.05) is 72.8 Å². The molecular weight excluding hydrogens is 782 g/mol. The van der Waals surface area contributed by atoms with Gasteiger partial charge in [0.25, 0.3) is 0 Å². The Morgan fingerprint density at radius 1 is 0.339 bits per heavy atom. The van der Waals surface area contributed by atoms with Crippen LogP contribution in [0.2, 0.25) is 0 Å². The summed E-state index contributed by atoms with van der Waals surface area (Å²) in [7, 11) is -3.47. The van der Waals surface area contributed by atoms with Crippen molar-refractivity contribution in [2.24, 2.45) is 0 Å². The molecule has 0 saturated carbocycles. The predicted octanol–water partition coefficient (Wildman–Crippen LogP) is 13.9. The molecule has 0 fully saturated rings. The first-order valence-corrected chi connectivity index (χ1v) is 23.6. The lowest BCUT2D eigenvalue weighted by Gasteiger charge is -2.23. The van der Waals surface area contributed by atoms with Crippen LogP contribution < -0.4 is 18.1 Å². The van der Waals surface area contributed by atoms with Crippen molar-refractivity contribution in [2.75, 3.05) is 52.9 Å². The summed E-state index contributed by atoms with van der Waals surface area (Å²) in [6.45, 7) is 20.6. The highest BCUT2D eigenvalue weighted by molar-refractivity contribution is 7.42. The standard InChI is InChI=1S/C48H68O9P2/c1-9-37(5)41-21-13-17-25-45(41)54-58(55-46-26-18-14-22-42(46)38(6)10-2)52-35-33-50-31-29-49-30-32-51-34-36-53-59(56-47-27-19-15-23-43(47)39(7)11-3)57-48-28-20-16-24-44(48)40(8)12-4/h13-28,37-40H,9-12,29-36H2,1-8H3. The molecule has 9 nitrogen and oxygen atoms in total. The van der Waals surface area contributed by atoms with Crippen LogP contribution in [0.15, 0.2) is 97.1 Å². The SMILES string of the molecule is CCC(C)c1ccccc1OP(OCCOCCOCCOCCOP(Oc1ccccc1C(C)CC)Oc1ccccc1C(C)CC)Oc1ccccc1C(C)CC. The van der Waals surface area contributed by atoms with E-state index in [4.69, 9.17) is 41.4 Å². The van der Waals surface area contributed by atoms with E-state index in [0.717, 1.165) is 70.9 Å². The molecule has 0 radical (unpaired) electrons. The third-order valence-electron chi connectivity index (χ3n) is 10.5. The summed E-state index contributed by atoms with van der Waals surface area (Å²) in [5.41, 5.74) is 4.56. The Kier molecular flexibility index (Phi) is 22.6. The molecule has 59 heavy (non-hydrogen) atoms. The zero-order valence-corrected chi connectivity index (χ0v) is 38.4. The lowest BCUT2D eigenvalue weighted by atomic mass is 9.98. The summed E-state index contributed by atoms with van der Waals surface area (Å²) in [6.07, 6.45) is 4.01. The van der Waals surface area contributed by atoms with Crippen LogP contribution in [0.4, 0.5) is 0 Å². The summed E-state index contributed by atoms with van der Waals surface area (Å²) in [5.74, 6) is 4.50. The molecule has 0 aliphatic carbocycles. The molecule has 0 amide bonds. The number of rotatable bonds is 30. The van der Waals surface area contributed by atoms with Gasteiger partial charge in [-0.15, -0.1) is 0 Å². The summed E-state index contributed by atoms with van der Waals surface area (Å²) >= 11 is 0. The minimum atomic E-state index is -1.74. The molecule has 0 aliphatic rings. The van der Waals surface area contributed by atoms with Crippen molar-refractivity contribution in [3.05, 3.63) is 119 Å². The average Bonchev–Trinajstić information content (AvgIpc) is 3.27. The highest BCUT2D eigenvalue weighted by Gasteiger charge is 2.24. The minimum Gasteiger partial charge on any atom is -0.417 e. The van der Waals surface area contributed by atoms with E-state index in [1.165, 1.54) is 0 Å². The van der Waals surface area contributed by atoms with Crippen LogP contribution in [0.5, 0.6) is 23.0 Å². The Morgan fingerprint density at radius 2 is 0.559 bits per heavy atom. The second kappa shape index (κ2) is 27.6. The van der Waals surface area contributed by atoms with Gasteiger partial charge in [0.15, 0.2) is 0 Å². The fourth-order valence-electron chi connectivity index (χ4n) is 6.11. The lowest BCUT2D eigenvalue weighted by molar-refractivity contribution is 0.00428. The van der Waals surface area contributed by atoms with Gasteiger partial charge in [0.05, 0.1) is 52.9 Å². The van der Waals surface area contributed by atoms with Gasteiger partial charge in [-0.1, -0.05) is 128 Å². The summed E-state index contributed by atoms with van der Waals surface area (Å²) in [4.78, 5) is 0. The Hall–Kier alpha value is -3.26. The minimum absolute atomic E-state index is 0.314. The van der Waals surface area contributed by atoms with Gasteiger partial charge in [0, 0.05) is 0 Å². The molecule has 324 valence electrons. The van der Waals surface area contributed by atoms with E-state index in [1.54, 1.807) is 0 Å². The molecule has 4 atom stereocenters. The Bertz CT molecular complexity index is 1510. The van der Waals surface area contributed by atoms with Gasteiger partial charge >= 0.3 is 17.2 Å². The highest BCUT2D eigenvalue weighted by Crippen LogP contribution is 2.47. The van der Waals surface area contributed by atoms with E-state index in [2.05, 4.69) is 79.7 Å². The van der Waals surface area contributed by atoms with E-state index < -0.39 is 17.2 Å². The fourth-order valence-corrected chi connectivity index (χ4v) is 8.15. The first-order chi connectivity index (χ1) is 28.8. The van der Waals surface area contributed by atoms with Crippen LogP contribution >= 0.6 is 17.2 Å². The molecule has 0 bridgehead atoms. The maximum Gasteiger partial charge on any atom is 0.463 e. The largest absolute Gasteiger partial charge is 0.463 e. The summed E-state index contributed by atoms with van der Waals surface area (Å²) in [5, 5.41) is 0. The first kappa shape index (κ1) is 48.4. The van der Waals surface area contributed by atoms with Crippen molar-refractivity contribution < 1.29 is 41.4 Å². The zero-order valence-electron chi connectivity index (χ0n) is 36.6. The van der Waals surface area contributed by atoms with E-state index in [-0.39, 0.29) is 0 Å². The van der Waals surface area contributed by atoms with E-state index in [0.29, 0.717) is 76.5 Å².